The van der Waals surface area contributed by atoms with Crippen molar-refractivity contribution in [2.45, 2.75) is 55.2 Å². The van der Waals surface area contributed by atoms with Gasteiger partial charge in [-0.25, -0.2) is 0 Å². The van der Waals surface area contributed by atoms with Crippen LogP contribution in [0.2, 0.25) is 0 Å². The average Bonchev–Trinajstić information content (AvgIpc) is 1.91. The lowest BCUT2D eigenvalue weighted by atomic mass is 9.69. The second-order valence-corrected chi connectivity index (χ2v) is 6.46. The van der Waals surface area contributed by atoms with Gasteiger partial charge in [-0.05, 0) is 46.0 Å². The Bertz CT molecular complexity index is 202. The molecule has 2 heterocycles. The van der Waals surface area contributed by atoms with Crippen LogP contribution in [0, 0.1) is 5.92 Å². The molecule has 0 radical (unpaired) electrons. The molecule has 3 aliphatic rings. The monoisotopic (exact) mass is 280 g/mol. The summed E-state index contributed by atoms with van der Waals surface area (Å²) in [5.41, 5.74) is 0.299. The third-order valence-electron chi connectivity index (χ3n) is 3.62. The molecule has 0 aromatic rings. The smallest absolute Gasteiger partial charge is 0.0779 e. The molecule has 0 aromatic heterocycles. The highest BCUT2D eigenvalue weighted by molar-refractivity contribution is 14.1. The predicted octanol–water partition coefficient (Wildman–Crippen LogP) is 3.16. The molecule has 70 valence electrons. The van der Waals surface area contributed by atoms with E-state index in [2.05, 4.69) is 43.4 Å². The van der Waals surface area contributed by atoms with Crippen LogP contribution in [0.5, 0.6) is 0 Å². The summed E-state index contributed by atoms with van der Waals surface area (Å²) in [6.07, 6.45) is 3.97. The molecule has 3 atom stereocenters. The van der Waals surface area contributed by atoms with Crippen LogP contribution in [0.15, 0.2) is 0 Å². The maximum absolute atomic E-state index is 6.16. The van der Waals surface area contributed by atoms with Crippen LogP contribution in [-0.2, 0) is 4.74 Å². The van der Waals surface area contributed by atoms with Crippen molar-refractivity contribution in [3.05, 3.63) is 0 Å². The summed E-state index contributed by atoms with van der Waals surface area (Å²) in [6, 6.07) is 0. The van der Waals surface area contributed by atoms with Gasteiger partial charge in [0, 0.05) is 3.92 Å². The van der Waals surface area contributed by atoms with E-state index in [4.69, 9.17) is 4.74 Å². The van der Waals surface area contributed by atoms with E-state index in [1.54, 1.807) is 0 Å². The first-order valence-corrected chi connectivity index (χ1v) is 6.03. The fourth-order valence-electron chi connectivity index (χ4n) is 2.67. The Morgan fingerprint density at radius 3 is 2.33 bits per heavy atom. The van der Waals surface area contributed by atoms with Crippen molar-refractivity contribution >= 4 is 22.6 Å². The van der Waals surface area contributed by atoms with Gasteiger partial charge >= 0.3 is 0 Å². The molecular weight excluding hydrogens is 263 g/mol. The highest BCUT2D eigenvalue weighted by Gasteiger charge is 2.52. The molecule has 0 N–H and O–H groups in total. The number of alkyl halides is 1. The summed E-state index contributed by atoms with van der Waals surface area (Å²) in [5.74, 6) is 0.793. The summed E-state index contributed by atoms with van der Waals surface area (Å²) < 4.78 is 6.89. The number of hydrogen-bond donors (Lipinski definition) is 0. The zero-order valence-electron chi connectivity index (χ0n) is 8.06. The van der Waals surface area contributed by atoms with Gasteiger partial charge in [-0.15, -0.1) is 0 Å². The molecule has 2 aliphatic heterocycles. The maximum Gasteiger partial charge on any atom is 0.0779 e. The van der Waals surface area contributed by atoms with Crippen LogP contribution in [0.3, 0.4) is 0 Å². The SMILES string of the molecule is CC1(C)OC2(C)CCC1CC2I. The first-order valence-electron chi connectivity index (χ1n) is 4.78. The van der Waals surface area contributed by atoms with E-state index in [0.29, 0.717) is 0 Å². The summed E-state index contributed by atoms with van der Waals surface area (Å²) in [6.45, 7) is 6.77. The van der Waals surface area contributed by atoms with E-state index in [0.717, 1.165) is 9.84 Å². The molecule has 3 unspecified atom stereocenters. The Balaban J connectivity index is 2.26. The molecule has 2 saturated heterocycles. The van der Waals surface area contributed by atoms with Crippen molar-refractivity contribution in [2.75, 3.05) is 0 Å². The third-order valence-corrected chi connectivity index (χ3v) is 5.45. The Kier molecular flexibility index (Phi) is 2.00. The summed E-state index contributed by atoms with van der Waals surface area (Å²) in [4.78, 5) is 0. The van der Waals surface area contributed by atoms with Gasteiger partial charge in [0.15, 0.2) is 0 Å². The van der Waals surface area contributed by atoms with E-state index < -0.39 is 0 Å². The van der Waals surface area contributed by atoms with Crippen LogP contribution >= 0.6 is 22.6 Å². The molecule has 12 heavy (non-hydrogen) atoms. The number of ether oxygens (including phenoxy) is 1. The Morgan fingerprint density at radius 1 is 1.33 bits per heavy atom. The van der Waals surface area contributed by atoms with Crippen LogP contribution in [0.1, 0.15) is 40.0 Å². The topological polar surface area (TPSA) is 9.23 Å². The molecule has 1 saturated carbocycles. The molecule has 3 rings (SSSR count). The first kappa shape index (κ1) is 9.25. The second-order valence-electron chi connectivity index (χ2n) is 4.96. The minimum Gasteiger partial charge on any atom is -0.368 e. The second kappa shape index (κ2) is 2.59. The fraction of sp³-hybridized carbons (Fsp3) is 1.00. The molecular formula is C10H17IO. The largest absolute Gasteiger partial charge is 0.368 e. The Hall–Kier alpha value is 0.690. The van der Waals surface area contributed by atoms with E-state index in [-0.39, 0.29) is 11.2 Å². The standard InChI is InChI=1S/C10H17IO/c1-9(2)7-4-5-10(3,12-9)8(11)6-7/h7-8H,4-6H2,1-3H3. The Morgan fingerprint density at radius 2 is 2.00 bits per heavy atom. The number of halogens is 1. The van der Waals surface area contributed by atoms with Gasteiger partial charge < -0.3 is 4.74 Å². The highest BCUT2D eigenvalue weighted by atomic mass is 127. The molecule has 0 aromatic carbocycles. The van der Waals surface area contributed by atoms with Crippen LogP contribution in [0.25, 0.3) is 0 Å². The molecule has 1 nitrogen and oxygen atoms in total. The number of hydrogen-bond acceptors (Lipinski definition) is 1. The summed E-state index contributed by atoms with van der Waals surface area (Å²) in [5, 5.41) is 0. The minimum atomic E-state index is 0.134. The van der Waals surface area contributed by atoms with Crippen molar-refractivity contribution in [3.63, 3.8) is 0 Å². The molecule has 0 amide bonds. The first-order chi connectivity index (χ1) is 5.44. The summed E-state index contributed by atoms with van der Waals surface area (Å²) in [7, 11) is 0. The molecule has 1 aliphatic carbocycles. The van der Waals surface area contributed by atoms with E-state index in [1.807, 2.05) is 0 Å². The van der Waals surface area contributed by atoms with Gasteiger partial charge in [-0.3, -0.25) is 0 Å². The van der Waals surface area contributed by atoms with Crippen LogP contribution < -0.4 is 0 Å². The van der Waals surface area contributed by atoms with Crippen molar-refractivity contribution < 1.29 is 4.74 Å². The number of fused-ring (bicyclic) bond motifs is 3. The lowest BCUT2D eigenvalue weighted by Gasteiger charge is -2.56. The van der Waals surface area contributed by atoms with Crippen LogP contribution in [0.4, 0.5) is 0 Å². The summed E-state index contributed by atoms with van der Waals surface area (Å²) >= 11 is 2.56. The third kappa shape index (κ3) is 1.22. The van der Waals surface area contributed by atoms with Gasteiger partial charge in [0.1, 0.15) is 0 Å². The highest BCUT2D eigenvalue weighted by Crippen LogP contribution is 2.51. The van der Waals surface area contributed by atoms with Gasteiger partial charge in [0.2, 0.25) is 0 Å². The van der Waals surface area contributed by atoms with E-state index in [1.165, 1.54) is 19.3 Å². The van der Waals surface area contributed by atoms with Gasteiger partial charge in [-0.1, -0.05) is 22.6 Å². The lowest BCUT2D eigenvalue weighted by Crippen LogP contribution is -2.59. The van der Waals surface area contributed by atoms with Crippen molar-refractivity contribution in [2.24, 2.45) is 5.92 Å². The quantitative estimate of drug-likeness (QED) is 0.489. The Labute approximate surface area is 88.4 Å². The zero-order chi connectivity index (χ0) is 8.98. The molecule has 2 heteroatoms. The fourth-order valence-corrected chi connectivity index (χ4v) is 3.72. The lowest BCUT2D eigenvalue weighted by molar-refractivity contribution is -0.223. The normalized spacial score (nSPS) is 51.0. The average molecular weight is 280 g/mol. The predicted molar refractivity (Wildman–Crippen MR) is 58.7 cm³/mol. The maximum atomic E-state index is 6.16. The van der Waals surface area contributed by atoms with Gasteiger partial charge in [-0.2, -0.15) is 0 Å². The van der Waals surface area contributed by atoms with E-state index in [9.17, 15) is 0 Å². The van der Waals surface area contributed by atoms with E-state index >= 15 is 0 Å². The van der Waals surface area contributed by atoms with Crippen LogP contribution in [-0.4, -0.2) is 15.1 Å². The van der Waals surface area contributed by atoms with Gasteiger partial charge in [0.25, 0.3) is 0 Å². The number of rotatable bonds is 0. The molecule has 2 bridgehead atoms. The zero-order valence-corrected chi connectivity index (χ0v) is 10.2. The van der Waals surface area contributed by atoms with Crippen molar-refractivity contribution in [1.29, 1.82) is 0 Å². The van der Waals surface area contributed by atoms with Crippen molar-refractivity contribution in [1.82, 2.24) is 0 Å². The molecule has 0 spiro atoms. The molecule has 3 fully saturated rings. The van der Waals surface area contributed by atoms with Crippen molar-refractivity contribution in [3.8, 4) is 0 Å². The minimum absolute atomic E-state index is 0.134. The van der Waals surface area contributed by atoms with Gasteiger partial charge in [0.05, 0.1) is 11.2 Å².